The van der Waals surface area contributed by atoms with Crippen LogP contribution in [0.2, 0.25) is 0 Å². The van der Waals surface area contributed by atoms with E-state index in [9.17, 15) is 13.2 Å². The van der Waals surface area contributed by atoms with Crippen LogP contribution >= 0.6 is 0 Å². The quantitative estimate of drug-likeness (QED) is 0.760. The Morgan fingerprint density at radius 1 is 1.28 bits per heavy atom. The smallest absolute Gasteiger partial charge is 0.317 e. The second-order valence-corrected chi connectivity index (χ2v) is 4.96. The Bertz CT molecular complexity index is 300. The summed E-state index contributed by atoms with van der Waals surface area (Å²) in [5.41, 5.74) is 0. The van der Waals surface area contributed by atoms with E-state index >= 15 is 0 Å². The molecular weight excluding hydrogens is 239 g/mol. The van der Waals surface area contributed by atoms with Crippen molar-refractivity contribution in [2.75, 3.05) is 7.05 Å². The molecule has 0 aromatic carbocycles. The van der Waals surface area contributed by atoms with E-state index in [1.807, 2.05) is 0 Å². The molecule has 1 aliphatic rings. The SMILES string of the molecule is CC#CCCC(NC)C1CCCCC1C(F)(F)F. The summed E-state index contributed by atoms with van der Waals surface area (Å²) in [7, 11) is 1.76. The van der Waals surface area contributed by atoms with E-state index in [4.69, 9.17) is 0 Å². The van der Waals surface area contributed by atoms with Crippen molar-refractivity contribution in [3.8, 4) is 11.8 Å². The van der Waals surface area contributed by atoms with Gasteiger partial charge >= 0.3 is 6.18 Å². The third-order valence-corrected chi connectivity index (χ3v) is 3.88. The van der Waals surface area contributed by atoms with Crippen LogP contribution in [-0.4, -0.2) is 19.3 Å². The molecule has 3 atom stereocenters. The molecule has 1 nitrogen and oxygen atoms in total. The maximum absolute atomic E-state index is 13.0. The molecular formula is C14H22F3N. The minimum Gasteiger partial charge on any atom is -0.317 e. The molecule has 4 heteroatoms. The summed E-state index contributed by atoms with van der Waals surface area (Å²) in [4.78, 5) is 0. The van der Waals surface area contributed by atoms with Gasteiger partial charge in [0, 0.05) is 12.5 Å². The molecule has 1 rings (SSSR count). The molecule has 18 heavy (non-hydrogen) atoms. The van der Waals surface area contributed by atoms with Crippen molar-refractivity contribution < 1.29 is 13.2 Å². The van der Waals surface area contributed by atoms with Gasteiger partial charge < -0.3 is 5.32 Å². The summed E-state index contributed by atoms with van der Waals surface area (Å²) in [6.07, 6.45) is -0.115. The predicted octanol–water partition coefficient (Wildman–Crippen LogP) is 3.75. The van der Waals surface area contributed by atoms with Crippen molar-refractivity contribution >= 4 is 0 Å². The molecule has 1 aliphatic carbocycles. The van der Waals surface area contributed by atoms with Gasteiger partial charge in [-0.1, -0.05) is 12.8 Å². The van der Waals surface area contributed by atoms with Crippen LogP contribution in [-0.2, 0) is 0 Å². The van der Waals surface area contributed by atoms with Gasteiger partial charge in [0.05, 0.1) is 5.92 Å². The zero-order valence-corrected chi connectivity index (χ0v) is 11.1. The minimum absolute atomic E-state index is 0.0715. The van der Waals surface area contributed by atoms with Gasteiger partial charge in [0.1, 0.15) is 0 Å². The molecule has 0 heterocycles. The van der Waals surface area contributed by atoms with Gasteiger partial charge in [-0.25, -0.2) is 0 Å². The fourth-order valence-electron chi connectivity index (χ4n) is 2.97. The van der Waals surface area contributed by atoms with Gasteiger partial charge in [-0.15, -0.1) is 11.8 Å². The van der Waals surface area contributed by atoms with Crippen molar-refractivity contribution in [3.63, 3.8) is 0 Å². The lowest BCUT2D eigenvalue weighted by Crippen LogP contribution is -2.44. The molecule has 0 amide bonds. The molecule has 1 fully saturated rings. The first kappa shape index (κ1) is 15.4. The first-order chi connectivity index (χ1) is 8.50. The third-order valence-electron chi connectivity index (χ3n) is 3.88. The molecule has 104 valence electrons. The molecule has 3 unspecified atom stereocenters. The number of rotatable bonds is 4. The highest BCUT2D eigenvalue weighted by molar-refractivity contribution is 4.97. The zero-order valence-electron chi connectivity index (χ0n) is 11.1. The highest BCUT2D eigenvalue weighted by Gasteiger charge is 2.47. The molecule has 0 aromatic rings. The Hall–Kier alpha value is -0.690. The minimum atomic E-state index is -4.06. The molecule has 0 bridgehead atoms. The highest BCUT2D eigenvalue weighted by atomic mass is 19.4. The highest BCUT2D eigenvalue weighted by Crippen LogP contribution is 2.43. The van der Waals surface area contributed by atoms with Gasteiger partial charge in [-0.3, -0.25) is 0 Å². The maximum atomic E-state index is 13.0. The fraction of sp³-hybridized carbons (Fsp3) is 0.857. The Labute approximate surface area is 108 Å². The molecule has 1 saturated carbocycles. The monoisotopic (exact) mass is 261 g/mol. The lowest BCUT2D eigenvalue weighted by Gasteiger charge is -2.38. The summed E-state index contributed by atoms with van der Waals surface area (Å²) in [6, 6.07) is -0.0715. The predicted molar refractivity (Wildman–Crippen MR) is 67.0 cm³/mol. The number of hydrogen-bond acceptors (Lipinski definition) is 1. The van der Waals surface area contributed by atoms with Crippen molar-refractivity contribution in [1.29, 1.82) is 0 Å². The van der Waals surface area contributed by atoms with Crippen LogP contribution in [0.1, 0.15) is 45.4 Å². The number of alkyl halides is 3. The largest absolute Gasteiger partial charge is 0.392 e. The van der Waals surface area contributed by atoms with Crippen LogP contribution in [0.3, 0.4) is 0 Å². The van der Waals surface area contributed by atoms with Crippen LogP contribution in [0.25, 0.3) is 0 Å². The first-order valence-corrected chi connectivity index (χ1v) is 6.64. The molecule has 1 N–H and O–H groups in total. The topological polar surface area (TPSA) is 12.0 Å². The normalized spacial score (nSPS) is 26.3. The Morgan fingerprint density at radius 3 is 2.50 bits per heavy atom. The summed E-state index contributed by atoms with van der Waals surface area (Å²) in [5.74, 6) is 4.30. The number of nitrogens with one attached hydrogen (secondary N) is 1. The van der Waals surface area contributed by atoms with Crippen molar-refractivity contribution in [3.05, 3.63) is 0 Å². The summed E-state index contributed by atoms with van der Waals surface area (Å²) in [6.45, 7) is 1.76. The van der Waals surface area contributed by atoms with Crippen LogP contribution in [0.4, 0.5) is 13.2 Å². The first-order valence-electron chi connectivity index (χ1n) is 6.64. The van der Waals surface area contributed by atoms with E-state index in [0.29, 0.717) is 25.7 Å². The average molecular weight is 261 g/mol. The Kier molecular flexibility index (Phi) is 6.01. The van der Waals surface area contributed by atoms with Crippen LogP contribution in [0.15, 0.2) is 0 Å². The van der Waals surface area contributed by atoms with E-state index in [-0.39, 0.29) is 18.4 Å². The van der Waals surface area contributed by atoms with Crippen molar-refractivity contribution in [2.24, 2.45) is 11.8 Å². The van der Waals surface area contributed by atoms with Crippen LogP contribution in [0.5, 0.6) is 0 Å². The summed E-state index contributed by atoms with van der Waals surface area (Å²) >= 11 is 0. The Morgan fingerprint density at radius 2 is 1.94 bits per heavy atom. The number of halogens is 3. The van der Waals surface area contributed by atoms with E-state index in [1.54, 1.807) is 14.0 Å². The van der Waals surface area contributed by atoms with Crippen LogP contribution in [0, 0.1) is 23.7 Å². The van der Waals surface area contributed by atoms with E-state index in [0.717, 1.165) is 6.42 Å². The fourth-order valence-corrected chi connectivity index (χ4v) is 2.97. The summed E-state index contributed by atoms with van der Waals surface area (Å²) in [5, 5.41) is 3.06. The molecule has 0 spiro atoms. The van der Waals surface area contributed by atoms with Crippen LogP contribution < -0.4 is 5.32 Å². The molecule has 0 aromatic heterocycles. The van der Waals surface area contributed by atoms with Gasteiger partial charge in [0.2, 0.25) is 0 Å². The second kappa shape index (κ2) is 7.04. The van der Waals surface area contributed by atoms with Gasteiger partial charge in [0.25, 0.3) is 0 Å². The Balaban J connectivity index is 2.69. The lowest BCUT2D eigenvalue weighted by atomic mass is 9.74. The number of hydrogen-bond donors (Lipinski definition) is 1. The van der Waals surface area contributed by atoms with E-state index < -0.39 is 12.1 Å². The molecule has 0 aliphatic heterocycles. The van der Waals surface area contributed by atoms with Crippen molar-refractivity contribution in [2.45, 2.75) is 57.7 Å². The van der Waals surface area contributed by atoms with E-state index in [2.05, 4.69) is 17.2 Å². The van der Waals surface area contributed by atoms with Crippen molar-refractivity contribution in [1.82, 2.24) is 5.32 Å². The second-order valence-electron chi connectivity index (χ2n) is 4.96. The average Bonchev–Trinajstić information content (AvgIpc) is 2.34. The molecule has 0 saturated heterocycles. The molecule has 0 radical (unpaired) electrons. The standard InChI is InChI=1S/C14H22F3N/c1-3-4-5-10-13(18-2)11-8-6-7-9-12(11)14(15,16)17/h11-13,18H,5-10H2,1-2H3. The maximum Gasteiger partial charge on any atom is 0.392 e. The van der Waals surface area contributed by atoms with E-state index in [1.165, 1.54) is 0 Å². The van der Waals surface area contributed by atoms with Gasteiger partial charge in [-0.2, -0.15) is 13.2 Å². The van der Waals surface area contributed by atoms with Gasteiger partial charge in [-0.05, 0) is 39.2 Å². The zero-order chi connectivity index (χ0) is 13.6. The third kappa shape index (κ3) is 4.20. The lowest BCUT2D eigenvalue weighted by molar-refractivity contribution is -0.199. The summed E-state index contributed by atoms with van der Waals surface area (Å²) < 4.78 is 39.1. The van der Waals surface area contributed by atoms with Gasteiger partial charge in [0.15, 0.2) is 0 Å².